The number of amides is 1. The minimum atomic E-state index is -0.127. The molecule has 0 spiro atoms. The highest BCUT2D eigenvalue weighted by Gasteiger charge is 2.16. The fourth-order valence-corrected chi connectivity index (χ4v) is 2.68. The van der Waals surface area contributed by atoms with Crippen molar-refractivity contribution in [2.45, 2.75) is 13.5 Å². The fraction of sp³-hybridized carbons (Fsp3) is 0.190. The van der Waals surface area contributed by atoms with Crippen molar-refractivity contribution in [1.29, 1.82) is 0 Å². The van der Waals surface area contributed by atoms with E-state index in [1.165, 1.54) is 6.33 Å². The van der Waals surface area contributed by atoms with E-state index in [0.29, 0.717) is 24.6 Å². The average molecular weight is 362 g/mol. The molecule has 6 heteroatoms. The fourth-order valence-electron chi connectivity index (χ4n) is 2.68. The van der Waals surface area contributed by atoms with Crippen LogP contribution in [0.25, 0.3) is 0 Å². The van der Waals surface area contributed by atoms with Gasteiger partial charge in [0.05, 0.1) is 7.11 Å². The molecule has 0 bridgehead atoms. The Labute approximate surface area is 158 Å². The topological polar surface area (TPSA) is 67.4 Å². The van der Waals surface area contributed by atoms with E-state index >= 15 is 0 Å². The number of hydrogen-bond acceptors (Lipinski definition) is 5. The van der Waals surface area contributed by atoms with Crippen molar-refractivity contribution in [3.05, 3.63) is 78.2 Å². The zero-order chi connectivity index (χ0) is 19.1. The van der Waals surface area contributed by atoms with Gasteiger partial charge >= 0.3 is 0 Å². The van der Waals surface area contributed by atoms with Gasteiger partial charge in [0, 0.05) is 30.9 Å². The Morgan fingerprint density at radius 2 is 1.89 bits per heavy atom. The first-order valence-electron chi connectivity index (χ1n) is 8.76. The lowest BCUT2D eigenvalue weighted by molar-refractivity contribution is 0.0746. The number of rotatable bonds is 7. The average Bonchev–Trinajstić information content (AvgIpc) is 2.72. The third-order valence-corrected chi connectivity index (χ3v) is 4.11. The molecule has 0 saturated heterocycles. The molecule has 0 radical (unpaired) electrons. The van der Waals surface area contributed by atoms with E-state index < -0.39 is 0 Å². The summed E-state index contributed by atoms with van der Waals surface area (Å²) < 4.78 is 5.22. The van der Waals surface area contributed by atoms with Crippen molar-refractivity contribution >= 4 is 17.4 Å². The molecule has 6 nitrogen and oxygen atoms in total. The molecule has 0 saturated carbocycles. The zero-order valence-electron chi connectivity index (χ0n) is 15.4. The van der Waals surface area contributed by atoms with Crippen LogP contribution >= 0.6 is 0 Å². The monoisotopic (exact) mass is 362 g/mol. The Hall–Kier alpha value is -3.41. The zero-order valence-corrected chi connectivity index (χ0v) is 15.4. The number of methoxy groups -OCH3 is 1. The van der Waals surface area contributed by atoms with E-state index in [0.717, 1.165) is 17.0 Å². The molecule has 0 aliphatic carbocycles. The highest BCUT2D eigenvalue weighted by Crippen LogP contribution is 2.20. The molecule has 27 heavy (non-hydrogen) atoms. The normalized spacial score (nSPS) is 10.3. The maximum atomic E-state index is 12.9. The number of nitrogens with zero attached hydrogens (tertiary/aromatic N) is 3. The van der Waals surface area contributed by atoms with Crippen LogP contribution in [0.4, 0.5) is 11.5 Å². The van der Waals surface area contributed by atoms with Crippen LogP contribution in [-0.4, -0.2) is 34.4 Å². The lowest BCUT2D eigenvalue weighted by Crippen LogP contribution is -2.31. The second kappa shape index (κ2) is 8.80. The number of hydrogen-bond donors (Lipinski definition) is 1. The van der Waals surface area contributed by atoms with Crippen molar-refractivity contribution < 1.29 is 9.53 Å². The van der Waals surface area contributed by atoms with Crippen molar-refractivity contribution in [3.8, 4) is 5.75 Å². The van der Waals surface area contributed by atoms with Gasteiger partial charge in [0.15, 0.2) is 0 Å². The first-order valence-corrected chi connectivity index (χ1v) is 8.76. The summed E-state index contributed by atoms with van der Waals surface area (Å²) in [6.07, 6.45) is 1.39. The number of carbonyl (C=O) groups is 1. The number of ether oxygens (including phenoxy) is 1. The first kappa shape index (κ1) is 18.4. The molecule has 0 unspecified atom stereocenters. The van der Waals surface area contributed by atoms with Gasteiger partial charge in [-0.3, -0.25) is 4.79 Å². The molecule has 3 aromatic rings. The van der Waals surface area contributed by atoms with Gasteiger partial charge in [0.2, 0.25) is 0 Å². The van der Waals surface area contributed by atoms with E-state index in [1.807, 2.05) is 61.5 Å². The maximum absolute atomic E-state index is 12.9. The Balaban J connectivity index is 1.76. The standard InChI is InChI=1S/C21H22N4O2/c1-3-25(14-16-8-5-4-6-9-16)21(26)19-13-20(23-15-22-19)24-17-10-7-11-18(12-17)27-2/h4-13,15H,3,14H2,1-2H3,(H,22,23,24). The largest absolute Gasteiger partial charge is 0.497 e. The summed E-state index contributed by atoms with van der Waals surface area (Å²) in [5, 5.41) is 3.18. The molecule has 1 N–H and O–H groups in total. The smallest absolute Gasteiger partial charge is 0.272 e. The van der Waals surface area contributed by atoms with Crippen molar-refractivity contribution in [3.63, 3.8) is 0 Å². The minimum absolute atomic E-state index is 0.127. The van der Waals surface area contributed by atoms with Crippen LogP contribution in [0.1, 0.15) is 23.0 Å². The highest BCUT2D eigenvalue weighted by atomic mass is 16.5. The number of anilines is 2. The summed E-state index contributed by atoms with van der Waals surface area (Å²) in [7, 11) is 1.62. The molecule has 0 aliphatic rings. The number of benzene rings is 2. The second-order valence-electron chi connectivity index (χ2n) is 5.95. The molecule has 1 amide bonds. The molecule has 0 aliphatic heterocycles. The summed E-state index contributed by atoms with van der Waals surface area (Å²) in [5.74, 6) is 1.17. The molecular formula is C21H22N4O2. The Morgan fingerprint density at radius 3 is 2.63 bits per heavy atom. The van der Waals surface area contributed by atoms with Crippen LogP contribution in [-0.2, 0) is 6.54 Å². The van der Waals surface area contributed by atoms with Gasteiger partial charge in [0.25, 0.3) is 5.91 Å². The molecule has 1 aromatic heterocycles. The molecule has 0 fully saturated rings. The van der Waals surface area contributed by atoms with Gasteiger partial charge in [0.1, 0.15) is 23.6 Å². The van der Waals surface area contributed by atoms with Crippen LogP contribution in [0.2, 0.25) is 0 Å². The van der Waals surface area contributed by atoms with Gasteiger partial charge in [-0.1, -0.05) is 36.4 Å². The van der Waals surface area contributed by atoms with Crippen LogP contribution in [0.5, 0.6) is 5.75 Å². The number of aromatic nitrogens is 2. The summed E-state index contributed by atoms with van der Waals surface area (Å²) in [5.41, 5.74) is 2.26. The minimum Gasteiger partial charge on any atom is -0.497 e. The van der Waals surface area contributed by atoms with E-state index in [2.05, 4.69) is 15.3 Å². The van der Waals surface area contributed by atoms with E-state index in [9.17, 15) is 4.79 Å². The summed E-state index contributed by atoms with van der Waals surface area (Å²) >= 11 is 0. The van der Waals surface area contributed by atoms with Gasteiger partial charge < -0.3 is 15.0 Å². The molecule has 3 rings (SSSR count). The van der Waals surface area contributed by atoms with Crippen LogP contribution < -0.4 is 10.1 Å². The first-order chi connectivity index (χ1) is 13.2. The number of nitrogens with one attached hydrogen (secondary N) is 1. The summed E-state index contributed by atoms with van der Waals surface area (Å²) in [6.45, 7) is 3.09. The Bertz CT molecular complexity index is 899. The van der Waals surface area contributed by atoms with Gasteiger partial charge in [-0.05, 0) is 24.6 Å². The predicted molar refractivity (Wildman–Crippen MR) is 105 cm³/mol. The van der Waals surface area contributed by atoms with Gasteiger partial charge in [-0.2, -0.15) is 0 Å². The lowest BCUT2D eigenvalue weighted by atomic mass is 10.2. The summed E-state index contributed by atoms with van der Waals surface area (Å²) in [4.78, 5) is 23.0. The highest BCUT2D eigenvalue weighted by molar-refractivity contribution is 5.93. The number of carbonyl (C=O) groups excluding carboxylic acids is 1. The Morgan fingerprint density at radius 1 is 1.07 bits per heavy atom. The predicted octanol–water partition coefficient (Wildman–Crippen LogP) is 3.89. The van der Waals surface area contributed by atoms with Crippen LogP contribution in [0.15, 0.2) is 67.0 Å². The third kappa shape index (κ3) is 4.82. The molecule has 0 atom stereocenters. The molecule has 138 valence electrons. The van der Waals surface area contributed by atoms with Crippen molar-refractivity contribution in [1.82, 2.24) is 14.9 Å². The van der Waals surface area contributed by atoms with Crippen molar-refractivity contribution in [2.75, 3.05) is 19.0 Å². The molecular weight excluding hydrogens is 340 g/mol. The lowest BCUT2D eigenvalue weighted by Gasteiger charge is -2.20. The quantitative estimate of drug-likeness (QED) is 0.691. The third-order valence-electron chi connectivity index (χ3n) is 4.11. The Kier molecular flexibility index (Phi) is 5.99. The summed E-state index contributed by atoms with van der Waals surface area (Å²) in [6, 6.07) is 19.1. The van der Waals surface area contributed by atoms with E-state index in [4.69, 9.17) is 4.74 Å². The van der Waals surface area contributed by atoms with Gasteiger partial charge in [-0.15, -0.1) is 0 Å². The molecule has 2 aromatic carbocycles. The van der Waals surface area contributed by atoms with Gasteiger partial charge in [-0.25, -0.2) is 9.97 Å². The second-order valence-corrected chi connectivity index (χ2v) is 5.95. The van der Waals surface area contributed by atoms with Crippen molar-refractivity contribution in [2.24, 2.45) is 0 Å². The van der Waals surface area contributed by atoms with Crippen LogP contribution in [0.3, 0.4) is 0 Å². The SMILES string of the molecule is CCN(Cc1ccccc1)C(=O)c1cc(Nc2cccc(OC)c2)ncn1. The maximum Gasteiger partial charge on any atom is 0.272 e. The molecule has 1 heterocycles. The van der Waals surface area contributed by atoms with Crippen LogP contribution in [0, 0.1) is 0 Å². The van der Waals surface area contributed by atoms with E-state index in [-0.39, 0.29) is 5.91 Å². The van der Waals surface area contributed by atoms with E-state index in [1.54, 1.807) is 18.1 Å².